The Balaban J connectivity index is 1.04. The number of β-lactam (4-membered cyclic amide) rings is 1. The number of nitrogens with one attached hydrogen (secondary N) is 2. The van der Waals surface area contributed by atoms with E-state index in [1.165, 1.54) is 30.2 Å². The third kappa shape index (κ3) is 7.29. The first-order valence-electron chi connectivity index (χ1n) is 14.9. The second-order valence-corrected chi connectivity index (χ2v) is 13.4. The first-order chi connectivity index (χ1) is 23.5. The topological polar surface area (TPSA) is 194 Å². The van der Waals surface area contributed by atoms with Crippen LogP contribution in [-0.4, -0.2) is 88.7 Å². The summed E-state index contributed by atoms with van der Waals surface area (Å²) in [7, 11) is 1.74. The minimum absolute atomic E-state index is 0.00167. The first kappa shape index (κ1) is 33.7. The van der Waals surface area contributed by atoms with Gasteiger partial charge < -0.3 is 35.1 Å². The molecule has 2 saturated heterocycles. The van der Waals surface area contributed by atoms with Crippen LogP contribution in [0.3, 0.4) is 0 Å². The molecule has 3 N–H and O–H groups in total. The number of hydrogen-bond acceptors (Lipinski definition) is 11. The fraction of sp³-hybridized carbons (Fsp3) is 0.290. The number of anilines is 1. The van der Waals surface area contributed by atoms with Crippen LogP contribution in [0.1, 0.15) is 12.0 Å². The SMILES string of the molecule is Cn1cnnc1SCC(=O)NC1C(=O)N2C(C(=O)[O-])=C(/C=C3\CCN(Cc4cc[n+](CC(=O)Nc5ccc(O)c(F)c5)cc4)C3=O)CSC12. The number of benzene rings is 1. The maximum Gasteiger partial charge on any atom is 0.290 e. The number of aliphatic carboxylic acids is 1. The molecular weight excluding hydrogens is 680 g/mol. The van der Waals surface area contributed by atoms with Crippen molar-refractivity contribution >= 4 is 58.8 Å². The lowest BCUT2D eigenvalue weighted by Gasteiger charge is -2.50. The molecule has 3 aliphatic rings. The van der Waals surface area contributed by atoms with Gasteiger partial charge in [-0.05, 0) is 35.8 Å². The molecule has 0 aliphatic carbocycles. The zero-order chi connectivity index (χ0) is 34.8. The molecule has 2 fully saturated rings. The summed E-state index contributed by atoms with van der Waals surface area (Å²) in [6.07, 6.45) is 6.74. The van der Waals surface area contributed by atoms with E-state index in [0.717, 1.165) is 34.4 Å². The summed E-state index contributed by atoms with van der Waals surface area (Å²) in [6, 6.07) is 6.17. The molecule has 6 rings (SSSR count). The number of carboxylic acids is 1. The number of aromatic hydroxyl groups is 1. The molecule has 15 nitrogen and oxygen atoms in total. The number of amides is 4. The number of nitrogens with zero attached hydrogens (tertiary/aromatic N) is 6. The van der Waals surface area contributed by atoms with Crippen LogP contribution in [0.5, 0.6) is 5.75 Å². The van der Waals surface area contributed by atoms with E-state index in [0.29, 0.717) is 23.7 Å². The van der Waals surface area contributed by atoms with Crippen LogP contribution in [-0.2, 0) is 44.1 Å². The van der Waals surface area contributed by atoms with E-state index >= 15 is 0 Å². The van der Waals surface area contributed by atoms with Crippen molar-refractivity contribution in [1.82, 2.24) is 29.9 Å². The highest BCUT2D eigenvalue weighted by atomic mass is 32.2. The van der Waals surface area contributed by atoms with Gasteiger partial charge in [0.25, 0.3) is 11.8 Å². The van der Waals surface area contributed by atoms with Crippen molar-refractivity contribution in [3.8, 4) is 5.75 Å². The Morgan fingerprint density at radius 1 is 1.20 bits per heavy atom. The lowest BCUT2D eigenvalue weighted by Crippen LogP contribution is -2.71. The van der Waals surface area contributed by atoms with Crippen molar-refractivity contribution in [1.29, 1.82) is 0 Å². The summed E-state index contributed by atoms with van der Waals surface area (Å²) in [5.74, 6) is -4.36. The molecule has 0 saturated carbocycles. The number of aromatic nitrogens is 4. The molecule has 2 atom stereocenters. The maximum absolute atomic E-state index is 13.5. The molecule has 3 aromatic rings. The number of pyridine rings is 1. The summed E-state index contributed by atoms with van der Waals surface area (Å²) in [4.78, 5) is 66.1. The Bertz CT molecular complexity index is 1920. The molecule has 5 heterocycles. The Hall–Kier alpha value is -5.23. The number of allylic oxidation sites excluding steroid dienone is 1. The predicted octanol–water partition coefficient (Wildman–Crippen LogP) is -0.559. The highest BCUT2D eigenvalue weighted by Gasteiger charge is 2.52. The van der Waals surface area contributed by atoms with Gasteiger partial charge in [-0.2, -0.15) is 4.57 Å². The summed E-state index contributed by atoms with van der Waals surface area (Å²) >= 11 is 2.44. The molecule has 1 aromatic carbocycles. The van der Waals surface area contributed by atoms with Gasteiger partial charge in [0.1, 0.15) is 17.7 Å². The van der Waals surface area contributed by atoms with Crippen molar-refractivity contribution in [3.63, 3.8) is 0 Å². The highest BCUT2D eigenvalue weighted by molar-refractivity contribution is 8.00. The summed E-state index contributed by atoms with van der Waals surface area (Å²) in [5.41, 5.74) is 1.39. The van der Waals surface area contributed by atoms with Gasteiger partial charge in [0.15, 0.2) is 29.1 Å². The second-order valence-electron chi connectivity index (χ2n) is 11.4. The standard InChI is InChI=1S/C31H29FN8O7S2/c1-37-16-33-36-31(37)49-15-24(43)35-25-28(45)40-26(30(46)47)19(14-48-29(25)40)10-18-6-9-39(27(18)44)12-17-4-7-38(8-5-17)13-23(42)34-20-2-3-22(41)21(32)11-20/h2-5,7-8,10-11,16,25,29H,6,9,12-15H2,1H3,(H3-,34,35,41,42,43,46,47)/b18-10+. The molecule has 18 heteroatoms. The van der Waals surface area contributed by atoms with Crippen molar-refractivity contribution in [2.45, 2.75) is 36.1 Å². The predicted molar refractivity (Wildman–Crippen MR) is 170 cm³/mol. The molecule has 49 heavy (non-hydrogen) atoms. The van der Waals surface area contributed by atoms with E-state index in [-0.39, 0.29) is 47.5 Å². The fourth-order valence-electron chi connectivity index (χ4n) is 5.52. The number of hydrogen-bond donors (Lipinski definition) is 3. The quantitative estimate of drug-likeness (QED) is 0.0761. The van der Waals surface area contributed by atoms with Gasteiger partial charge in [-0.3, -0.25) is 24.1 Å². The smallest absolute Gasteiger partial charge is 0.290 e. The molecule has 3 aliphatic heterocycles. The Kier molecular flexibility index (Phi) is 9.68. The van der Waals surface area contributed by atoms with Crippen LogP contribution < -0.4 is 20.3 Å². The third-order valence-corrected chi connectivity index (χ3v) is 10.3. The van der Waals surface area contributed by atoms with Gasteiger partial charge in [-0.15, -0.1) is 22.0 Å². The number of halogens is 1. The highest BCUT2D eigenvalue weighted by Crippen LogP contribution is 2.41. The molecule has 0 radical (unpaired) electrons. The van der Waals surface area contributed by atoms with Crippen molar-refractivity contribution in [3.05, 3.63) is 83.4 Å². The number of rotatable bonds is 11. The zero-order valence-electron chi connectivity index (χ0n) is 25.9. The molecule has 2 unspecified atom stereocenters. The van der Waals surface area contributed by atoms with Crippen molar-refractivity contribution < 1.29 is 43.1 Å². The van der Waals surface area contributed by atoms with Crippen LogP contribution in [0.15, 0.2) is 77.1 Å². The molecule has 0 bridgehead atoms. The summed E-state index contributed by atoms with van der Waals surface area (Å²) in [5, 5.41) is 34.3. The molecule has 4 amide bonds. The molecule has 2 aromatic heterocycles. The van der Waals surface area contributed by atoms with Gasteiger partial charge in [0.2, 0.25) is 18.4 Å². The first-order valence-corrected chi connectivity index (χ1v) is 16.9. The lowest BCUT2D eigenvalue weighted by molar-refractivity contribution is -0.684. The van der Waals surface area contributed by atoms with Gasteiger partial charge in [-0.25, -0.2) is 4.39 Å². The number of phenolic OH excluding ortho intramolecular Hbond substituents is 1. The number of carboxylic acid groups (broad SMARTS) is 1. The number of phenols is 1. The largest absolute Gasteiger partial charge is 0.543 e. The Morgan fingerprint density at radius 3 is 2.67 bits per heavy atom. The minimum atomic E-state index is -1.54. The van der Waals surface area contributed by atoms with E-state index in [1.807, 2.05) is 0 Å². The monoisotopic (exact) mass is 708 g/mol. The number of carbonyl (C=O) groups excluding carboxylic acids is 5. The van der Waals surface area contributed by atoms with E-state index in [9.17, 15) is 38.6 Å². The molecular formula is C31H29FN8O7S2. The van der Waals surface area contributed by atoms with Gasteiger partial charge >= 0.3 is 0 Å². The molecule has 254 valence electrons. The third-order valence-electron chi connectivity index (χ3n) is 7.96. The normalized spacial score (nSPS) is 19.6. The van der Waals surface area contributed by atoms with Gasteiger partial charge in [0.05, 0.1) is 17.4 Å². The van der Waals surface area contributed by atoms with Crippen molar-refractivity contribution in [2.75, 3.05) is 23.4 Å². The van der Waals surface area contributed by atoms with Crippen LogP contribution in [0.2, 0.25) is 0 Å². The van der Waals surface area contributed by atoms with Crippen LogP contribution in [0, 0.1) is 5.82 Å². The van der Waals surface area contributed by atoms with Crippen LogP contribution in [0.4, 0.5) is 10.1 Å². The van der Waals surface area contributed by atoms with Crippen LogP contribution >= 0.6 is 23.5 Å². The Labute approximate surface area is 286 Å². The average Bonchev–Trinajstić information content (AvgIpc) is 3.64. The van der Waals surface area contributed by atoms with Crippen LogP contribution in [0.25, 0.3) is 0 Å². The number of aryl methyl sites for hydroxylation is 1. The molecule has 0 spiro atoms. The minimum Gasteiger partial charge on any atom is -0.543 e. The Morgan fingerprint density at radius 2 is 1.98 bits per heavy atom. The van der Waals surface area contributed by atoms with Gasteiger partial charge in [-0.1, -0.05) is 11.8 Å². The van der Waals surface area contributed by atoms with E-state index in [2.05, 4.69) is 20.8 Å². The number of carbonyl (C=O) groups is 5. The van der Waals surface area contributed by atoms with E-state index in [1.54, 1.807) is 45.6 Å². The zero-order valence-corrected chi connectivity index (χ0v) is 27.5. The fourth-order valence-corrected chi connectivity index (χ4v) is 7.53. The summed E-state index contributed by atoms with van der Waals surface area (Å²) in [6.45, 7) is 0.626. The average molecular weight is 709 g/mol. The number of fused-ring (bicyclic) bond motifs is 1. The lowest BCUT2D eigenvalue weighted by atomic mass is 10.0. The van der Waals surface area contributed by atoms with Crippen molar-refractivity contribution in [2.24, 2.45) is 7.05 Å². The maximum atomic E-state index is 13.5. The van der Waals surface area contributed by atoms with E-state index in [4.69, 9.17) is 0 Å². The van der Waals surface area contributed by atoms with Gasteiger partial charge in [0, 0.05) is 55.3 Å². The number of thioether (sulfide) groups is 2. The summed E-state index contributed by atoms with van der Waals surface area (Å²) < 4.78 is 16.8. The van der Waals surface area contributed by atoms with E-state index < -0.39 is 46.7 Å². The number of likely N-dealkylation sites (tertiary alicyclic amines) is 1. The second kappa shape index (κ2) is 14.1.